The zero-order chi connectivity index (χ0) is 20.5. The molecular formula is C25H29F2N3. The van der Waals surface area contributed by atoms with Crippen molar-refractivity contribution in [2.75, 3.05) is 13.1 Å². The maximum atomic E-state index is 13.9. The molecule has 3 aromatic rings. The molecule has 1 fully saturated rings. The van der Waals surface area contributed by atoms with Gasteiger partial charge < -0.3 is 4.57 Å². The number of piperidine rings is 1. The first kappa shape index (κ1) is 19.7. The summed E-state index contributed by atoms with van der Waals surface area (Å²) in [5, 5.41) is 0. The summed E-state index contributed by atoms with van der Waals surface area (Å²) in [6.07, 6.45) is 7.90. The zero-order valence-corrected chi connectivity index (χ0v) is 17.4. The molecule has 0 bridgehead atoms. The maximum absolute atomic E-state index is 13.9. The third-order valence-electron chi connectivity index (χ3n) is 6.86. The summed E-state index contributed by atoms with van der Waals surface area (Å²) in [6, 6.07) is 10.2. The summed E-state index contributed by atoms with van der Waals surface area (Å²) in [6.45, 7) is 4.06. The second kappa shape index (κ2) is 8.46. The Labute approximate surface area is 176 Å². The molecule has 0 atom stereocenters. The van der Waals surface area contributed by atoms with Crippen molar-refractivity contribution in [2.24, 2.45) is 5.92 Å². The normalized spacial score (nSPS) is 17.7. The molecule has 0 N–H and O–H groups in total. The molecule has 0 saturated carbocycles. The van der Waals surface area contributed by atoms with Crippen LogP contribution >= 0.6 is 0 Å². The minimum atomic E-state index is -0.169. The van der Waals surface area contributed by atoms with E-state index in [0.717, 1.165) is 73.8 Å². The highest BCUT2D eigenvalue weighted by Crippen LogP contribution is 2.29. The molecule has 158 valence electrons. The lowest BCUT2D eigenvalue weighted by molar-refractivity contribution is 0.166. The topological polar surface area (TPSA) is 21.1 Å². The highest BCUT2D eigenvalue weighted by atomic mass is 19.1. The molecule has 30 heavy (non-hydrogen) atoms. The first-order valence-electron chi connectivity index (χ1n) is 11.3. The number of benzene rings is 2. The van der Waals surface area contributed by atoms with E-state index in [1.807, 2.05) is 12.1 Å². The first-order chi connectivity index (χ1) is 14.7. The van der Waals surface area contributed by atoms with Crippen molar-refractivity contribution >= 4 is 11.0 Å². The average Bonchev–Trinajstić information content (AvgIpc) is 3.09. The molecule has 1 saturated heterocycles. The summed E-state index contributed by atoms with van der Waals surface area (Å²) in [4.78, 5) is 7.31. The Morgan fingerprint density at radius 3 is 2.57 bits per heavy atom. The van der Waals surface area contributed by atoms with Crippen LogP contribution in [0.15, 0.2) is 36.4 Å². The lowest BCUT2D eigenvalue weighted by atomic mass is 9.91. The fraction of sp³-hybridized carbons (Fsp3) is 0.480. The van der Waals surface area contributed by atoms with Gasteiger partial charge in [0.05, 0.1) is 17.6 Å². The molecule has 5 rings (SSSR count). The van der Waals surface area contributed by atoms with E-state index < -0.39 is 0 Å². The van der Waals surface area contributed by atoms with Gasteiger partial charge in [-0.3, -0.25) is 4.90 Å². The van der Waals surface area contributed by atoms with Gasteiger partial charge in [0.1, 0.15) is 17.5 Å². The van der Waals surface area contributed by atoms with Crippen molar-refractivity contribution < 1.29 is 8.78 Å². The summed E-state index contributed by atoms with van der Waals surface area (Å²) in [5.41, 5.74) is 4.29. The van der Waals surface area contributed by atoms with Gasteiger partial charge in [-0.05, 0) is 86.9 Å². The highest BCUT2D eigenvalue weighted by Gasteiger charge is 2.23. The van der Waals surface area contributed by atoms with Crippen LogP contribution in [-0.4, -0.2) is 27.5 Å². The molecule has 2 aliphatic heterocycles. The van der Waals surface area contributed by atoms with Gasteiger partial charge in [0.15, 0.2) is 0 Å². The molecule has 2 aliphatic rings. The van der Waals surface area contributed by atoms with E-state index in [4.69, 9.17) is 4.98 Å². The van der Waals surface area contributed by atoms with Crippen LogP contribution in [0.3, 0.4) is 0 Å². The Kier molecular flexibility index (Phi) is 5.55. The van der Waals surface area contributed by atoms with Gasteiger partial charge in [-0.15, -0.1) is 0 Å². The van der Waals surface area contributed by atoms with Gasteiger partial charge >= 0.3 is 0 Å². The summed E-state index contributed by atoms with van der Waals surface area (Å²) in [5.74, 6) is 1.54. The minimum Gasteiger partial charge on any atom is -0.327 e. The van der Waals surface area contributed by atoms with E-state index in [0.29, 0.717) is 0 Å². The molecule has 3 heterocycles. The van der Waals surface area contributed by atoms with Crippen molar-refractivity contribution in [1.29, 1.82) is 0 Å². The standard InChI is InChI=1S/C25H29F2N3/c26-21-8-6-18(7-9-21)3-1-4-19-10-13-29(14-11-19)17-24-28-23-16-22(27)15-20-5-2-12-30(24)25(20)23/h6-9,15-16,19H,1-5,10-14,17H2. The maximum Gasteiger partial charge on any atom is 0.125 e. The predicted octanol–water partition coefficient (Wildman–Crippen LogP) is 5.50. The molecule has 1 aromatic heterocycles. The third kappa shape index (κ3) is 4.13. The lowest BCUT2D eigenvalue weighted by Gasteiger charge is -2.32. The van der Waals surface area contributed by atoms with Crippen LogP contribution in [0.2, 0.25) is 0 Å². The highest BCUT2D eigenvalue weighted by molar-refractivity contribution is 5.80. The van der Waals surface area contributed by atoms with E-state index in [2.05, 4.69) is 9.47 Å². The van der Waals surface area contributed by atoms with Crippen molar-refractivity contribution in [3.05, 3.63) is 65.0 Å². The molecule has 2 aromatic carbocycles. The van der Waals surface area contributed by atoms with E-state index >= 15 is 0 Å². The molecule has 0 unspecified atom stereocenters. The molecular weight excluding hydrogens is 380 g/mol. The van der Waals surface area contributed by atoms with Crippen LogP contribution in [0.1, 0.15) is 49.1 Å². The summed E-state index contributed by atoms with van der Waals surface area (Å²) in [7, 11) is 0. The number of hydrogen-bond acceptors (Lipinski definition) is 2. The Morgan fingerprint density at radius 2 is 1.77 bits per heavy atom. The molecule has 0 aliphatic carbocycles. The Hall–Kier alpha value is -2.27. The molecule has 0 radical (unpaired) electrons. The number of likely N-dealkylation sites (tertiary alicyclic amines) is 1. The van der Waals surface area contributed by atoms with E-state index in [9.17, 15) is 8.78 Å². The van der Waals surface area contributed by atoms with Crippen LogP contribution in [-0.2, 0) is 25.9 Å². The number of halogens is 2. The van der Waals surface area contributed by atoms with Gasteiger partial charge in [-0.1, -0.05) is 18.6 Å². The van der Waals surface area contributed by atoms with Gasteiger partial charge in [0.2, 0.25) is 0 Å². The SMILES string of the molecule is Fc1ccc(CCCC2CCN(Cc3nc4cc(F)cc5c4n3CCC5)CC2)cc1. The minimum absolute atomic E-state index is 0.160. The van der Waals surface area contributed by atoms with Crippen molar-refractivity contribution in [2.45, 2.75) is 58.0 Å². The summed E-state index contributed by atoms with van der Waals surface area (Å²) >= 11 is 0. The fourth-order valence-electron chi connectivity index (χ4n) is 5.22. The largest absolute Gasteiger partial charge is 0.327 e. The Bertz CT molecular complexity index is 1020. The molecule has 0 spiro atoms. The number of imidazole rings is 1. The number of aromatic nitrogens is 2. The van der Waals surface area contributed by atoms with Crippen LogP contribution in [0.4, 0.5) is 8.78 Å². The van der Waals surface area contributed by atoms with E-state index in [1.165, 1.54) is 31.2 Å². The van der Waals surface area contributed by atoms with Crippen molar-refractivity contribution in [3.8, 4) is 0 Å². The number of rotatable bonds is 6. The van der Waals surface area contributed by atoms with Gasteiger partial charge in [-0.25, -0.2) is 13.8 Å². The van der Waals surface area contributed by atoms with Crippen molar-refractivity contribution in [3.63, 3.8) is 0 Å². The van der Waals surface area contributed by atoms with E-state index in [1.54, 1.807) is 24.3 Å². The van der Waals surface area contributed by atoms with Crippen LogP contribution in [0.25, 0.3) is 11.0 Å². The summed E-state index contributed by atoms with van der Waals surface area (Å²) < 4.78 is 29.2. The molecule has 5 heteroatoms. The van der Waals surface area contributed by atoms with Crippen LogP contribution < -0.4 is 0 Å². The predicted molar refractivity (Wildman–Crippen MR) is 115 cm³/mol. The van der Waals surface area contributed by atoms with Crippen molar-refractivity contribution in [1.82, 2.24) is 14.5 Å². The smallest absolute Gasteiger partial charge is 0.125 e. The lowest BCUT2D eigenvalue weighted by Crippen LogP contribution is -2.34. The first-order valence-corrected chi connectivity index (χ1v) is 11.3. The number of aryl methyl sites for hydroxylation is 3. The van der Waals surface area contributed by atoms with Gasteiger partial charge in [-0.2, -0.15) is 0 Å². The Morgan fingerprint density at radius 1 is 0.967 bits per heavy atom. The Balaban J connectivity index is 1.15. The fourth-order valence-corrected chi connectivity index (χ4v) is 5.22. The van der Waals surface area contributed by atoms with E-state index in [-0.39, 0.29) is 11.6 Å². The van der Waals surface area contributed by atoms with Crippen LogP contribution in [0.5, 0.6) is 0 Å². The molecule has 3 nitrogen and oxygen atoms in total. The monoisotopic (exact) mass is 409 g/mol. The second-order valence-corrected chi connectivity index (χ2v) is 8.95. The van der Waals surface area contributed by atoms with Gasteiger partial charge in [0.25, 0.3) is 0 Å². The number of nitrogens with zero attached hydrogens (tertiary/aromatic N) is 3. The van der Waals surface area contributed by atoms with Gasteiger partial charge in [0, 0.05) is 12.6 Å². The quantitative estimate of drug-likeness (QED) is 0.536. The average molecular weight is 410 g/mol. The number of hydrogen-bond donors (Lipinski definition) is 0. The van der Waals surface area contributed by atoms with Crippen LogP contribution in [0, 0.1) is 17.6 Å². The second-order valence-electron chi connectivity index (χ2n) is 8.95. The third-order valence-corrected chi connectivity index (χ3v) is 6.86. The zero-order valence-electron chi connectivity index (χ0n) is 17.4. The molecule has 0 amide bonds.